The number of rotatable bonds is 6. The van der Waals surface area contributed by atoms with Gasteiger partial charge in [-0.3, -0.25) is 4.79 Å². The Morgan fingerprint density at radius 1 is 1.27 bits per heavy atom. The van der Waals surface area contributed by atoms with Gasteiger partial charge in [0.2, 0.25) is 5.91 Å². The standard InChI is InChI=1S/C15H24BNO5/c1-10(18)17-12-9-11(7-8-13(12)21-6)16(20)22-15(4,5)14(2,3)19/h7-9,19-20H,1-6H3,(H,17,18). The third-order valence-corrected chi connectivity index (χ3v) is 3.70. The van der Waals surface area contributed by atoms with E-state index in [4.69, 9.17) is 9.39 Å². The minimum atomic E-state index is -1.25. The van der Waals surface area contributed by atoms with Crippen molar-refractivity contribution in [1.82, 2.24) is 0 Å². The largest absolute Gasteiger partial charge is 0.495 e. The lowest BCUT2D eigenvalue weighted by atomic mass is 9.76. The Labute approximate surface area is 131 Å². The zero-order valence-corrected chi connectivity index (χ0v) is 13.9. The molecule has 0 aliphatic carbocycles. The van der Waals surface area contributed by atoms with Crippen LogP contribution in [0.5, 0.6) is 5.75 Å². The van der Waals surface area contributed by atoms with Gasteiger partial charge in [-0.25, -0.2) is 0 Å². The molecule has 122 valence electrons. The Hall–Kier alpha value is -1.57. The summed E-state index contributed by atoms with van der Waals surface area (Å²) in [6.07, 6.45) is 0. The molecule has 1 rings (SSSR count). The molecule has 0 heterocycles. The van der Waals surface area contributed by atoms with E-state index >= 15 is 0 Å². The van der Waals surface area contributed by atoms with Gasteiger partial charge in [0.1, 0.15) is 5.75 Å². The zero-order chi connectivity index (χ0) is 17.1. The lowest BCUT2D eigenvalue weighted by Crippen LogP contribution is -2.53. The van der Waals surface area contributed by atoms with Crippen molar-refractivity contribution in [3.05, 3.63) is 18.2 Å². The molecule has 0 aliphatic rings. The van der Waals surface area contributed by atoms with Crippen molar-refractivity contribution < 1.29 is 24.3 Å². The number of aliphatic hydroxyl groups is 1. The Morgan fingerprint density at radius 2 is 1.86 bits per heavy atom. The maximum Gasteiger partial charge on any atom is 0.491 e. The Kier molecular flexibility index (Phi) is 5.62. The van der Waals surface area contributed by atoms with Gasteiger partial charge in [-0.15, -0.1) is 0 Å². The molecule has 22 heavy (non-hydrogen) atoms. The molecular formula is C15H24BNO5. The van der Waals surface area contributed by atoms with Crippen LogP contribution in [0.2, 0.25) is 0 Å². The van der Waals surface area contributed by atoms with E-state index in [-0.39, 0.29) is 5.91 Å². The van der Waals surface area contributed by atoms with Gasteiger partial charge in [0, 0.05) is 6.92 Å². The van der Waals surface area contributed by atoms with Crippen LogP contribution in [0, 0.1) is 0 Å². The highest BCUT2D eigenvalue weighted by atomic mass is 16.5. The molecule has 7 heteroatoms. The van der Waals surface area contributed by atoms with Gasteiger partial charge >= 0.3 is 7.12 Å². The SMILES string of the molecule is COc1ccc(B(O)OC(C)(C)C(C)(C)O)cc1NC(C)=O. The number of hydrogen-bond acceptors (Lipinski definition) is 5. The highest BCUT2D eigenvalue weighted by Gasteiger charge is 2.39. The fourth-order valence-electron chi connectivity index (χ4n) is 1.66. The highest BCUT2D eigenvalue weighted by molar-refractivity contribution is 6.60. The van der Waals surface area contributed by atoms with Gasteiger partial charge in [0.25, 0.3) is 0 Å². The van der Waals surface area contributed by atoms with Crippen LogP contribution in [0.1, 0.15) is 34.6 Å². The van der Waals surface area contributed by atoms with Crippen LogP contribution in [-0.2, 0) is 9.45 Å². The quantitative estimate of drug-likeness (QED) is 0.680. The number of methoxy groups -OCH3 is 1. The van der Waals surface area contributed by atoms with Crippen molar-refractivity contribution in [2.45, 2.75) is 45.8 Å². The van der Waals surface area contributed by atoms with Crippen LogP contribution in [-0.4, -0.2) is 41.5 Å². The number of benzene rings is 1. The summed E-state index contributed by atoms with van der Waals surface area (Å²) in [5.41, 5.74) is -1.22. The second-order valence-electron chi connectivity index (χ2n) is 6.18. The first-order valence-corrected chi connectivity index (χ1v) is 7.01. The predicted octanol–water partition coefficient (Wildman–Crippen LogP) is 0.907. The molecular weight excluding hydrogens is 285 g/mol. The molecule has 0 bridgehead atoms. The van der Waals surface area contributed by atoms with E-state index in [0.717, 1.165) is 0 Å². The molecule has 0 spiro atoms. The van der Waals surface area contributed by atoms with Gasteiger partial charge in [0.05, 0.1) is 24.0 Å². The van der Waals surface area contributed by atoms with Crippen molar-refractivity contribution in [2.75, 3.05) is 12.4 Å². The predicted molar refractivity (Wildman–Crippen MR) is 86.4 cm³/mol. The number of carbonyl (C=O) groups is 1. The average Bonchev–Trinajstić information content (AvgIpc) is 2.36. The second kappa shape index (κ2) is 6.68. The first-order valence-electron chi connectivity index (χ1n) is 7.01. The minimum absolute atomic E-state index is 0.248. The van der Waals surface area contributed by atoms with Crippen LogP contribution in [0.25, 0.3) is 0 Å². The Balaban J connectivity index is 3.04. The van der Waals surface area contributed by atoms with E-state index in [0.29, 0.717) is 16.9 Å². The van der Waals surface area contributed by atoms with Crippen LogP contribution in [0.15, 0.2) is 18.2 Å². The highest BCUT2D eigenvalue weighted by Crippen LogP contribution is 2.26. The molecule has 0 radical (unpaired) electrons. The smallest absolute Gasteiger partial charge is 0.491 e. The van der Waals surface area contributed by atoms with Crippen LogP contribution in [0.3, 0.4) is 0 Å². The molecule has 0 unspecified atom stereocenters. The molecule has 1 amide bonds. The summed E-state index contributed by atoms with van der Waals surface area (Å²) in [6, 6.07) is 4.84. The van der Waals surface area contributed by atoms with Crippen LogP contribution >= 0.6 is 0 Å². The summed E-state index contributed by atoms with van der Waals surface area (Å²) in [5.74, 6) is 0.232. The molecule has 0 saturated heterocycles. The molecule has 6 nitrogen and oxygen atoms in total. The number of ether oxygens (including phenoxy) is 1. The molecule has 0 aliphatic heterocycles. The van der Waals surface area contributed by atoms with E-state index in [1.807, 2.05) is 0 Å². The Morgan fingerprint density at radius 3 is 2.32 bits per heavy atom. The van der Waals surface area contributed by atoms with Gasteiger partial charge in [-0.2, -0.15) is 0 Å². The first-order chi connectivity index (χ1) is 9.98. The van der Waals surface area contributed by atoms with Gasteiger partial charge in [-0.1, -0.05) is 6.07 Å². The molecule has 1 aromatic rings. The molecule has 0 atom stereocenters. The monoisotopic (exact) mass is 309 g/mol. The fraction of sp³-hybridized carbons (Fsp3) is 0.533. The van der Waals surface area contributed by atoms with E-state index in [1.54, 1.807) is 45.9 Å². The van der Waals surface area contributed by atoms with E-state index in [1.165, 1.54) is 14.0 Å². The van der Waals surface area contributed by atoms with E-state index < -0.39 is 18.3 Å². The van der Waals surface area contributed by atoms with Crippen molar-refractivity contribution in [3.63, 3.8) is 0 Å². The van der Waals surface area contributed by atoms with Crippen molar-refractivity contribution in [2.24, 2.45) is 0 Å². The normalized spacial score (nSPS) is 12.0. The third kappa shape index (κ3) is 4.46. The summed E-state index contributed by atoms with van der Waals surface area (Å²) in [5, 5.41) is 23.0. The van der Waals surface area contributed by atoms with E-state index in [9.17, 15) is 14.9 Å². The number of amides is 1. The second-order valence-corrected chi connectivity index (χ2v) is 6.18. The lowest BCUT2D eigenvalue weighted by molar-refractivity contribution is -0.114. The molecule has 0 fully saturated rings. The molecule has 0 aromatic heterocycles. The van der Waals surface area contributed by atoms with Crippen molar-refractivity contribution in [3.8, 4) is 5.75 Å². The van der Waals surface area contributed by atoms with Crippen molar-refractivity contribution >= 4 is 24.2 Å². The lowest BCUT2D eigenvalue weighted by Gasteiger charge is -2.38. The summed E-state index contributed by atoms with van der Waals surface area (Å²) in [4.78, 5) is 11.2. The van der Waals surface area contributed by atoms with E-state index in [2.05, 4.69) is 5.32 Å². The summed E-state index contributed by atoms with van der Waals surface area (Å²) in [6.45, 7) is 7.98. The summed E-state index contributed by atoms with van der Waals surface area (Å²) in [7, 11) is 0.241. The minimum Gasteiger partial charge on any atom is -0.495 e. The maximum atomic E-state index is 11.2. The zero-order valence-electron chi connectivity index (χ0n) is 13.9. The van der Waals surface area contributed by atoms with Crippen LogP contribution < -0.4 is 15.5 Å². The van der Waals surface area contributed by atoms with Crippen LogP contribution in [0.4, 0.5) is 5.69 Å². The molecule has 3 N–H and O–H groups in total. The number of carbonyl (C=O) groups excluding carboxylic acids is 1. The Bertz CT molecular complexity index is 539. The maximum absolute atomic E-state index is 11.2. The average molecular weight is 309 g/mol. The molecule has 0 saturated carbocycles. The van der Waals surface area contributed by atoms with Gasteiger partial charge in [-0.05, 0) is 45.3 Å². The number of hydrogen-bond donors (Lipinski definition) is 3. The van der Waals surface area contributed by atoms with Crippen molar-refractivity contribution in [1.29, 1.82) is 0 Å². The first kappa shape index (κ1) is 18.5. The number of anilines is 1. The number of nitrogens with one attached hydrogen (secondary N) is 1. The van der Waals surface area contributed by atoms with Gasteiger partial charge < -0.3 is 24.8 Å². The summed E-state index contributed by atoms with van der Waals surface area (Å²) >= 11 is 0. The van der Waals surface area contributed by atoms with Gasteiger partial charge in [0.15, 0.2) is 0 Å². The molecule has 1 aromatic carbocycles. The summed E-state index contributed by atoms with van der Waals surface area (Å²) < 4.78 is 10.7. The topological polar surface area (TPSA) is 88.0 Å². The third-order valence-electron chi connectivity index (χ3n) is 3.70. The fourth-order valence-corrected chi connectivity index (χ4v) is 1.66.